The maximum Gasteiger partial charge on any atom is 0.346 e. The predicted octanol–water partition coefficient (Wildman–Crippen LogP) is 2.86. The Morgan fingerprint density at radius 3 is 2.39 bits per heavy atom. The summed E-state index contributed by atoms with van der Waals surface area (Å²) in [4.78, 5) is 24.2. The lowest BCUT2D eigenvalue weighted by atomic mass is 10.2. The van der Waals surface area contributed by atoms with Crippen molar-refractivity contribution in [2.45, 2.75) is 6.92 Å². The number of hydrogen-bond acceptors (Lipinski definition) is 4. The van der Waals surface area contributed by atoms with E-state index < -0.39 is 11.9 Å². The van der Waals surface area contributed by atoms with Crippen LogP contribution in [0.3, 0.4) is 0 Å². The first kappa shape index (κ1) is 14.8. The lowest BCUT2D eigenvalue weighted by Crippen LogP contribution is -2.20. The van der Waals surface area contributed by atoms with E-state index in [4.69, 9.17) is 4.74 Å². The number of rotatable bonds is 4. The normalized spacial score (nSPS) is 13.7. The predicted molar refractivity (Wildman–Crippen MR) is 87.9 cm³/mol. The summed E-state index contributed by atoms with van der Waals surface area (Å²) in [6.45, 7) is 2.05. The van der Waals surface area contributed by atoms with Crippen LogP contribution < -0.4 is 10.6 Å². The van der Waals surface area contributed by atoms with Gasteiger partial charge in [0, 0.05) is 11.4 Å². The van der Waals surface area contributed by atoms with Gasteiger partial charge in [0.1, 0.15) is 12.2 Å². The second kappa shape index (κ2) is 6.36. The number of para-hydroxylation sites is 1. The lowest BCUT2D eigenvalue weighted by molar-refractivity contribution is -0.137. The Morgan fingerprint density at radius 1 is 1.00 bits per heavy atom. The average Bonchev–Trinajstić information content (AvgIpc) is 2.91. The van der Waals surface area contributed by atoms with Gasteiger partial charge in [-0.2, -0.15) is 0 Å². The van der Waals surface area contributed by atoms with Crippen molar-refractivity contribution in [1.82, 2.24) is 0 Å². The van der Waals surface area contributed by atoms with E-state index in [0.717, 1.165) is 11.3 Å². The van der Waals surface area contributed by atoms with Crippen LogP contribution in [-0.4, -0.2) is 18.5 Å². The van der Waals surface area contributed by atoms with Crippen molar-refractivity contribution in [2.24, 2.45) is 0 Å². The van der Waals surface area contributed by atoms with E-state index in [1.54, 1.807) is 12.1 Å². The average molecular weight is 308 g/mol. The van der Waals surface area contributed by atoms with E-state index in [-0.39, 0.29) is 12.2 Å². The number of cyclic esters (lactones) is 1. The smallest absolute Gasteiger partial charge is 0.346 e. The molecule has 0 unspecified atom stereocenters. The number of ether oxygens (including phenoxy) is 1. The van der Waals surface area contributed by atoms with E-state index in [2.05, 4.69) is 10.6 Å². The number of carbonyl (C=O) groups is 2. The molecule has 1 aliphatic heterocycles. The van der Waals surface area contributed by atoms with Crippen molar-refractivity contribution in [2.75, 3.05) is 17.2 Å². The Kier molecular flexibility index (Phi) is 4.10. The molecule has 2 N–H and O–H groups in total. The van der Waals surface area contributed by atoms with Crippen molar-refractivity contribution in [1.29, 1.82) is 0 Å². The van der Waals surface area contributed by atoms with Crippen LogP contribution in [-0.2, 0) is 14.3 Å². The molecule has 3 rings (SSSR count). The van der Waals surface area contributed by atoms with Gasteiger partial charge >= 0.3 is 5.97 Å². The minimum absolute atomic E-state index is 0.00873. The molecule has 1 aliphatic rings. The van der Waals surface area contributed by atoms with Crippen LogP contribution in [0.1, 0.15) is 5.56 Å². The van der Waals surface area contributed by atoms with Gasteiger partial charge in [0.05, 0.1) is 5.70 Å². The van der Waals surface area contributed by atoms with Gasteiger partial charge in [-0.1, -0.05) is 35.9 Å². The standard InChI is InChI=1S/C18H16N2O3/c1-12-7-9-14(10-8-12)19-15-11-23-18(22)16(15)17(21)20-13-5-3-2-4-6-13/h2-10,19H,11H2,1H3,(H,20,21). The number of benzene rings is 2. The molecule has 2 aromatic rings. The van der Waals surface area contributed by atoms with E-state index in [9.17, 15) is 9.59 Å². The largest absolute Gasteiger partial charge is 0.455 e. The fourth-order valence-electron chi connectivity index (χ4n) is 2.26. The fraction of sp³-hybridized carbons (Fsp3) is 0.111. The molecule has 5 nitrogen and oxygen atoms in total. The van der Waals surface area contributed by atoms with Crippen LogP contribution in [0, 0.1) is 6.92 Å². The van der Waals surface area contributed by atoms with Crippen LogP contribution in [0.15, 0.2) is 65.9 Å². The Labute approximate surface area is 134 Å². The van der Waals surface area contributed by atoms with E-state index in [0.29, 0.717) is 11.4 Å². The number of nitrogens with one attached hydrogen (secondary N) is 2. The van der Waals surface area contributed by atoms with Crippen molar-refractivity contribution >= 4 is 23.3 Å². The molecule has 116 valence electrons. The third-order valence-corrected chi connectivity index (χ3v) is 3.46. The van der Waals surface area contributed by atoms with Crippen LogP contribution >= 0.6 is 0 Å². The molecular weight excluding hydrogens is 292 g/mol. The first-order valence-corrected chi connectivity index (χ1v) is 7.24. The highest BCUT2D eigenvalue weighted by Gasteiger charge is 2.31. The zero-order valence-corrected chi connectivity index (χ0v) is 12.6. The number of amides is 1. The Bertz CT molecular complexity index is 765. The molecule has 2 aromatic carbocycles. The van der Waals surface area contributed by atoms with Crippen LogP contribution in [0.2, 0.25) is 0 Å². The van der Waals surface area contributed by atoms with Crippen LogP contribution in [0.4, 0.5) is 11.4 Å². The van der Waals surface area contributed by atoms with Crippen molar-refractivity contribution in [3.8, 4) is 0 Å². The molecule has 0 atom stereocenters. The Hall–Kier alpha value is -3.08. The van der Waals surface area contributed by atoms with Gasteiger partial charge in [0.25, 0.3) is 5.91 Å². The molecule has 5 heteroatoms. The highest BCUT2D eigenvalue weighted by molar-refractivity contribution is 6.23. The van der Waals surface area contributed by atoms with Crippen LogP contribution in [0.5, 0.6) is 0 Å². The summed E-state index contributed by atoms with van der Waals surface area (Å²) in [5, 5.41) is 5.79. The van der Waals surface area contributed by atoms with Crippen molar-refractivity contribution in [3.05, 3.63) is 71.4 Å². The first-order valence-electron chi connectivity index (χ1n) is 7.24. The first-order chi connectivity index (χ1) is 11.1. The summed E-state index contributed by atoms with van der Waals surface area (Å²) in [5.41, 5.74) is 3.03. The molecule has 1 heterocycles. The number of esters is 1. The van der Waals surface area contributed by atoms with Crippen molar-refractivity contribution in [3.63, 3.8) is 0 Å². The minimum Gasteiger partial charge on any atom is -0.455 e. The molecule has 0 aliphatic carbocycles. The van der Waals surface area contributed by atoms with Gasteiger partial charge in [-0.05, 0) is 31.2 Å². The molecule has 0 saturated heterocycles. The van der Waals surface area contributed by atoms with Gasteiger partial charge in [0.2, 0.25) is 0 Å². The van der Waals surface area contributed by atoms with Crippen LogP contribution in [0.25, 0.3) is 0 Å². The molecule has 0 bridgehead atoms. The molecule has 1 amide bonds. The maximum absolute atomic E-state index is 12.4. The molecular formula is C18H16N2O3. The molecule has 0 radical (unpaired) electrons. The molecule has 0 fully saturated rings. The number of hydrogen-bond donors (Lipinski definition) is 2. The van der Waals surface area contributed by atoms with Gasteiger partial charge in [-0.25, -0.2) is 4.79 Å². The minimum atomic E-state index is -0.618. The highest BCUT2D eigenvalue weighted by atomic mass is 16.5. The van der Waals surface area contributed by atoms with Gasteiger partial charge in [-0.3, -0.25) is 4.79 Å². The number of aryl methyl sites for hydroxylation is 1. The lowest BCUT2D eigenvalue weighted by Gasteiger charge is -2.09. The number of anilines is 2. The zero-order valence-electron chi connectivity index (χ0n) is 12.6. The van der Waals surface area contributed by atoms with Gasteiger partial charge in [-0.15, -0.1) is 0 Å². The Morgan fingerprint density at radius 2 is 1.70 bits per heavy atom. The highest BCUT2D eigenvalue weighted by Crippen LogP contribution is 2.21. The third kappa shape index (κ3) is 3.40. The summed E-state index contributed by atoms with van der Waals surface area (Å²) < 4.78 is 5.00. The van der Waals surface area contributed by atoms with Gasteiger partial charge in [0.15, 0.2) is 0 Å². The van der Waals surface area contributed by atoms with E-state index in [1.807, 2.05) is 49.4 Å². The monoisotopic (exact) mass is 308 g/mol. The molecule has 23 heavy (non-hydrogen) atoms. The topological polar surface area (TPSA) is 67.4 Å². The SMILES string of the molecule is Cc1ccc(NC2=C(C(=O)Nc3ccccc3)C(=O)OC2)cc1. The summed E-state index contributed by atoms with van der Waals surface area (Å²) in [5.74, 6) is -1.10. The second-order valence-corrected chi connectivity index (χ2v) is 5.24. The summed E-state index contributed by atoms with van der Waals surface area (Å²) >= 11 is 0. The Balaban J connectivity index is 1.82. The fourth-order valence-corrected chi connectivity index (χ4v) is 2.26. The maximum atomic E-state index is 12.4. The summed E-state index contributed by atoms with van der Waals surface area (Å²) in [6, 6.07) is 16.6. The number of carbonyl (C=O) groups excluding carboxylic acids is 2. The quantitative estimate of drug-likeness (QED) is 0.673. The third-order valence-electron chi connectivity index (χ3n) is 3.46. The van der Waals surface area contributed by atoms with Crippen molar-refractivity contribution < 1.29 is 14.3 Å². The molecule has 0 spiro atoms. The molecule has 0 saturated carbocycles. The van der Waals surface area contributed by atoms with E-state index in [1.165, 1.54) is 0 Å². The summed E-state index contributed by atoms with van der Waals surface area (Å²) in [6.07, 6.45) is 0. The second-order valence-electron chi connectivity index (χ2n) is 5.24. The summed E-state index contributed by atoms with van der Waals surface area (Å²) in [7, 11) is 0. The molecule has 0 aromatic heterocycles. The van der Waals surface area contributed by atoms with Gasteiger partial charge < -0.3 is 15.4 Å². The van der Waals surface area contributed by atoms with E-state index >= 15 is 0 Å². The zero-order chi connectivity index (χ0) is 16.2.